The van der Waals surface area contributed by atoms with Crippen LogP contribution in [-0.4, -0.2) is 34.4 Å². The quantitative estimate of drug-likeness (QED) is 0.787. The molecule has 1 atom stereocenters. The van der Waals surface area contributed by atoms with Crippen molar-refractivity contribution >= 4 is 5.97 Å². The van der Waals surface area contributed by atoms with Crippen LogP contribution in [0.3, 0.4) is 0 Å². The summed E-state index contributed by atoms with van der Waals surface area (Å²) >= 11 is 0. The Kier molecular flexibility index (Phi) is 4.79. The van der Waals surface area contributed by atoms with E-state index >= 15 is 0 Å². The second-order valence-corrected chi connectivity index (χ2v) is 3.42. The standard InChI is InChI=1S/C12H17NO5/c1-15-8-6-5-7(9(13)12(14)18-4)10(16-2)11(8)17-3/h5-6,9H,13H2,1-4H3. The first-order chi connectivity index (χ1) is 8.60. The Morgan fingerprint density at radius 2 is 1.67 bits per heavy atom. The zero-order valence-electron chi connectivity index (χ0n) is 10.9. The van der Waals surface area contributed by atoms with E-state index in [-0.39, 0.29) is 0 Å². The first-order valence-corrected chi connectivity index (χ1v) is 5.22. The Balaban J connectivity index is 3.33. The molecule has 0 aliphatic rings. The number of carbonyl (C=O) groups excluding carboxylic acids is 1. The van der Waals surface area contributed by atoms with E-state index in [4.69, 9.17) is 19.9 Å². The molecule has 6 heteroatoms. The van der Waals surface area contributed by atoms with Gasteiger partial charge in [0.2, 0.25) is 5.75 Å². The molecule has 0 aliphatic carbocycles. The lowest BCUT2D eigenvalue weighted by Crippen LogP contribution is -2.23. The second-order valence-electron chi connectivity index (χ2n) is 3.42. The molecule has 0 saturated heterocycles. The fraction of sp³-hybridized carbons (Fsp3) is 0.417. The van der Waals surface area contributed by atoms with Gasteiger partial charge in [-0.15, -0.1) is 0 Å². The summed E-state index contributed by atoms with van der Waals surface area (Å²) in [4.78, 5) is 11.5. The van der Waals surface area contributed by atoms with Crippen LogP contribution in [0, 0.1) is 0 Å². The third-order valence-corrected chi connectivity index (χ3v) is 2.52. The molecule has 0 bridgehead atoms. The van der Waals surface area contributed by atoms with Crippen molar-refractivity contribution in [1.82, 2.24) is 0 Å². The lowest BCUT2D eigenvalue weighted by Gasteiger charge is -2.18. The number of rotatable bonds is 5. The lowest BCUT2D eigenvalue weighted by molar-refractivity contribution is -0.142. The molecule has 0 aromatic heterocycles. The van der Waals surface area contributed by atoms with E-state index in [2.05, 4.69) is 4.74 Å². The maximum Gasteiger partial charge on any atom is 0.327 e. The first kappa shape index (κ1) is 14.1. The normalized spacial score (nSPS) is 11.6. The second kappa shape index (κ2) is 6.11. The molecule has 1 unspecified atom stereocenters. The van der Waals surface area contributed by atoms with E-state index in [1.54, 1.807) is 12.1 Å². The van der Waals surface area contributed by atoms with Gasteiger partial charge in [-0.05, 0) is 12.1 Å². The Morgan fingerprint density at radius 1 is 1.06 bits per heavy atom. The van der Waals surface area contributed by atoms with Crippen LogP contribution in [0.2, 0.25) is 0 Å². The van der Waals surface area contributed by atoms with Gasteiger partial charge in [-0.2, -0.15) is 0 Å². The monoisotopic (exact) mass is 255 g/mol. The summed E-state index contributed by atoms with van der Waals surface area (Å²) < 4.78 is 20.2. The van der Waals surface area contributed by atoms with Crippen LogP contribution in [0.15, 0.2) is 12.1 Å². The predicted molar refractivity (Wildman–Crippen MR) is 65.0 cm³/mol. The SMILES string of the molecule is COC(=O)C(N)c1ccc(OC)c(OC)c1OC. The molecule has 0 amide bonds. The van der Waals surface area contributed by atoms with Crippen LogP contribution >= 0.6 is 0 Å². The number of hydrogen-bond acceptors (Lipinski definition) is 6. The Morgan fingerprint density at radius 3 is 2.11 bits per heavy atom. The predicted octanol–water partition coefficient (Wildman–Crippen LogP) is 0.885. The Hall–Kier alpha value is -1.95. The minimum absolute atomic E-state index is 0.356. The summed E-state index contributed by atoms with van der Waals surface area (Å²) in [5, 5.41) is 0. The number of carbonyl (C=O) groups is 1. The maximum atomic E-state index is 11.5. The van der Waals surface area contributed by atoms with E-state index in [0.717, 1.165) is 0 Å². The summed E-state index contributed by atoms with van der Waals surface area (Å²) in [6.07, 6.45) is 0. The molecule has 18 heavy (non-hydrogen) atoms. The molecule has 2 N–H and O–H groups in total. The summed E-state index contributed by atoms with van der Waals surface area (Å²) in [5.74, 6) is 0.683. The molecule has 1 aromatic carbocycles. The van der Waals surface area contributed by atoms with Crippen molar-refractivity contribution in [2.75, 3.05) is 28.4 Å². The third kappa shape index (κ3) is 2.48. The summed E-state index contributed by atoms with van der Waals surface area (Å²) in [5.41, 5.74) is 6.26. The molecule has 0 saturated carbocycles. The van der Waals surface area contributed by atoms with E-state index in [0.29, 0.717) is 22.8 Å². The molecule has 100 valence electrons. The molecule has 6 nitrogen and oxygen atoms in total. The highest BCUT2D eigenvalue weighted by Gasteiger charge is 2.24. The highest BCUT2D eigenvalue weighted by Crippen LogP contribution is 2.41. The van der Waals surface area contributed by atoms with Gasteiger partial charge in [0.05, 0.1) is 28.4 Å². The van der Waals surface area contributed by atoms with Crippen molar-refractivity contribution < 1.29 is 23.7 Å². The zero-order chi connectivity index (χ0) is 13.7. The van der Waals surface area contributed by atoms with E-state index in [9.17, 15) is 4.79 Å². The lowest BCUT2D eigenvalue weighted by atomic mass is 10.1. The summed E-state index contributed by atoms with van der Waals surface area (Å²) in [6.45, 7) is 0. The number of hydrogen-bond donors (Lipinski definition) is 1. The minimum Gasteiger partial charge on any atom is -0.493 e. The van der Waals surface area contributed by atoms with Crippen LogP contribution in [0.25, 0.3) is 0 Å². The summed E-state index contributed by atoms with van der Waals surface area (Å²) in [6, 6.07) is 2.35. The third-order valence-electron chi connectivity index (χ3n) is 2.52. The van der Waals surface area contributed by atoms with Gasteiger partial charge in [-0.25, -0.2) is 0 Å². The van der Waals surface area contributed by atoms with Crippen molar-refractivity contribution in [1.29, 1.82) is 0 Å². The van der Waals surface area contributed by atoms with Crippen molar-refractivity contribution in [3.05, 3.63) is 17.7 Å². The minimum atomic E-state index is -0.940. The molecule has 0 spiro atoms. The van der Waals surface area contributed by atoms with Gasteiger partial charge in [0.15, 0.2) is 11.5 Å². The Bertz CT molecular complexity index is 433. The number of esters is 1. The maximum absolute atomic E-state index is 11.5. The molecule has 0 radical (unpaired) electrons. The fourth-order valence-electron chi connectivity index (χ4n) is 1.62. The van der Waals surface area contributed by atoms with Gasteiger partial charge in [0.25, 0.3) is 0 Å². The fourth-order valence-corrected chi connectivity index (χ4v) is 1.62. The largest absolute Gasteiger partial charge is 0.493 e. The van der Waals surface area contributed by atoms with Crippen LogP contribution in [-0.2, 0) is 9.53 Å². The van der Waals surface area contributed by atoms with Crippen LogP contribution < -0.4 is 19.9 Å². The molecular formula is C12H17NO5. The molecule has 0 aliphatic heterocycles. The first-order valence-electron chi connectivity index (χ1n) is 5.22. The zero-order valence-corrected chi connectivity index (χ0v) is 10.9. The molecule has 0 heterocycles. The molecule has 0 fully saturated rings. The molecule has 1 rings (SSSR count). The number of benzene rings is 1. The van der Waals surface area contributed by atoms with Crippen LogP contribution in [0.4, 0.5) is 0 Å². The van der Waals surface area contributed by atoms with Crippen LogP contribution in [0.1, 0.15) is 11.6 Å². The average Bonchev–Trinajstić information content (AvgIpc) is 2.43. The van der Waals surface area contributed by atoms with Gasteiger partial charge >= 0.3 is 5.97 Å². The van der Waals surface area contributed by atoms with Gasteiger partial charge < -0.3 is 24.7 Å². The van der Waals surface area contributed by atoms with Crippen LogP contribution in [0.5, 0.6) is 17.2 Å². The van der Waals surface area contributed by atoms with Crippen molar-refractivity contribution in [3.63, 3.8) is 0 Å². The van der Waals surface area contributed by atoms with Crippen molar-refractivity contribution in [3.8, 4) is 17.2 Å². The van der Waals surface area contributed by atoms with Gasteiger partial charge in [-0.3, -0.25) is 4.79 Å². The van der Waals surface area contributed by atoms with Gasteiger partial charge in [-0.1, -0.05) is 0 Å². The molecular weight excluding hydrogens is 238 g/mol. The van der Waals surface area contributed by atoms with E-state index in [1.165, 1.54) is 28.4 Å². The number of methoxy groups -OCH3 is 4. The van der Waals surface area contributed by atoms with Gasteiger partial charge in [0, 0.05) is 5.56 Å². The van der Waals surface area contributed by atoms with E-state index in [1.807, 2.05) is 0 Å². The van der Waals surface area contributed by atoms with E-state index < -0.39 is 12.0 Å². The average molecular weight is 255 g/mol. The Labute approximate surface area is 106 Å². The highest BCUT2D eigenvalue weighted by atomic mass is 16.5. The van der Waals surface area contributed by atoms with Crippen molar-refractivity contribution in [2.24, 2.45) is 5.73 Å². The number of nitrogens with two attached hydrogens (primary N) is 1. The molecule has 1 aromatic rings. The topological polar surface area (TPSA) is 80.0 Å². The number of ether oxygens (including phenoxy) is 4. The highest BCUT2D eigenvalue weighted by molar-refractivity contribution is 5.79. The van der Waals surface area contributed by atoms with Gasteiger partial charge in [0.1, 0.15) is 6.04 Å². The smallest absolute Gasteiger partial charge is 0.327 e. The summed E-state index contributed by atoms with van der Waals surface area (Å²) in [7, 11) is 5.73. The van der Waals surface area contributed by atoms with Crippen molar-refractivity contribution in [2.45, 2.75) is 6.04 Å².